The van der Waals surface area contributed by atoms with Gasteiger partial charge in [-0.05, 0) is 56.4 Å². The average Bonchev–Trinajstić information content (AvgIpc) is 3.12. The van der Waals surface area contributed by atoms with E-state index in [0.717, 1.165) is 17.7 Å². The number of benzene rings is 1. The van der Waals surface area contributed by atoms with E-state index < -0.39 is 0 Å². The van der Waals surface area contributed by atoms with Crippen LogP contribution < -0.4 is 10.6 Å². The van der Waals surface area contributed by atoms with Gasteiger partial charge in [-0.2, -0.15) is 4.98 Å². The molecule has 1 aromatic heterocycles. The topological polar surface area (TPSA) is 80.0 Å². The summed E-state index contributed by atoms with van der Waals surface area (Å²) in [6.45, 7) is 2.63. The van der Waals surface area contributed by atoms with Gasteiger partial charge in [0, 0.05) is 24.2 Å². The van der Waals surface area contributed by atoms with Crippen LogP contribution in [-0.4, -0.2) is 22.7 Å². The minimum Gasteiger partial charge on any atom is -0.339 e. The Morgan fingerprint density at radius 3 is 2.76 bits per heavy atom. The standard InChI is InChI=1S/C19H24N4O2/c1-2-17-22-18(23-25-17)15-8-10-16(11-9-15)21-19(24)20-13-12-14-6-4-3-5-7-14/h6,8-11H,2-5,7,12-13H2,1H3,(H2,20,21,24). The minimum atomic E-state index is -0.183. The highest BCUT2D eigenvalue weighted by Crippen LogP contribution is 2.20. The summed E-state index contributed by atoms with van der Waals surface area (Å²) in [7, 11) is 0. The highest BCUT2D eigenvalue weighted by Gasteiger charge is 2.08. The first-order valence-corrected chi connectivity index (χ1v) is 8.90. The molecule has 0 saturated heterocycles. The molecule has 0 radical (unpaired) electrons. The fraction of sp³-hybridized carbons (Fsp3) is 0.421. The molecule has 2 amide bonds. The second-order valence-electron chi connectivity index (χ2n) is 6.18. The average molecular weight is 340 g/mol. The van der Waals surface area contributed by atoms with Crippen molar-refractivity contribution in [1.82, 2.24) is 15.5 Å². The number of urea groups is 1. The summed E-state index contributed by atoms with van der Waals surface area (Å²) in [5.41, 5.74) is 3.05. The summed E-state index contributed by atoms with van der Waals surface area (Å²) >= 11 is 0. The van der Waals surface area contributed by atoms with E-state index >= 15 is 0 Å². The summed E-state index contributed by atoms with van der Waals surface area (Å²) in [4.78, 5) is 16.3. The highest BCUT2D eigenvalue weighted by atomic mass is 16.5. The smallest absolute Gasteiger partial charge is 0.319 e. The Morgan fingerprint density at radius 2 is 2.08 bits per heavy atom. The fourth-order valence-electron chi connectivity index (χ4n) is 2.86. The zero-order valence-corrected chi connectivity index (χ0v) is 14.5. The Balaban J connectivity index is 1.47. The maximum atomic E-state index is 12.0. The molecule has 0 spiro atoms. The molecule has 2 aromatic rings. The molecule has 2 N–H and O–H groups in total. The maximum Gasteiger partial charge on any atom is 0.319 e. The number of allylic oxidation sites excluding steroid dienone is 1. The number of hydrogen-bond acceptors (Lipinski definition) is 4. The second kappa shape index (κ2) is 8.46. The number of nitrogens with one attached hydrogen (secondary N) is 2. The summed E-state index contributed by atoms with van der Waals surface area (Å²) < 4.78 is 5.11. The Hall–Kier alpha value is -2.63. The second-order valence-corrected chi connectivity index (χ2v) is 6.18. The van der Waals surface area contributed by atoms with Gasteiger partial charge in [0.05, 0.1) is 0 Å². The van der Waals surface area contributed by atoms with Crippen LogP contribution in [0.1, 0.15) is 44.9 Å². The van der Waals surface area contributed by atoms with Gasteiger partial charge >= 0.3 is 6.03 Å². The van der Waals surface area contributed by atoms with Gasteiger partial charge in [-0.25, -0.2) is 4.79 Å². The zero-order chi connectivity index (χ0) is 17.5. The van der Waals surface area contributed by atoms with E-state index in [2.05, 4.69) is 26.9 Å². The maximum absolute atomic E-state index is 12.0. The number of carbonyl (C=O) groups excluding carboxylic acids is 1. The molecule has 1 aliphatic carbocycles. The van der Waals surface area contributed by atoms with Crippen molar-refractivity contribution < 1.29 is 9.32 Å². The number of aromatic nitrogens is 2. The lowest BCUT2D eigenvalue weighted by molar-refractivity contribution is 0.252. The molecule has 0 aliphatic heterocycles. The van der Waals surface area contributed by atoms with Crippen molar-refractivity contribution in [2.75, 3.05) is 11.9 Å². The number of amides is 2. The number of carbonyl (C=O) groups is 1. The summed E-state index contributed by atoms with van der Waals surface area (Å²) in [5, 5.41) is 9.69. The highest BCUT2D eigenvalue weighted by molar-refractivity contribution is 5.89. The van der Waals surface area contributed by atoms with Crippen molar-refractivity contribution in [2.24, 2.45) is 0 Å². The van der Waals surface area contributed by atoms with E-state index in [4.69, 9.17) is 4.52 Å². The SMILES string of the molecule is CCc1nc(-c2ccc(NC(=O)NCCC3=CCCCC3)cc2)no1. The predicted molar refractivity (Wildman–Crippen MR) is 97.3 cm³/mol. The lowest BCUT2D eigenvalue weighted by atomic mass is 9.97. The van der Waals surface area contributed by atoms with Gasteiger partial charge in [0.1, 0.15) is 0 Å². The Bertz CT molecular complexity index is 734. The van der Waals surface area contributed by atoms with Crippen molar-refractivity contribution in [1.29, 1.82) is 0 Å². The molecule has 0 bridgehead atoms. The molecule has 1 aromatic carbocycles. The Labute approximate surface area is 147 Å². The first-order valence-electron chi connectivity index (χ1n) is 8.90. The molecule has 0 atom stereocenters. The van der Waals surface area contributed by atoms with E-state index in [0.29, 0.717) is 24.7 Å². The van der Waals surface area contributed by atoms with Crippen molar-refractivity contribution in [3.8, 4) is 11.4 Å². The van der Waals surface area contributed by atoms with Gasteiger partial charge in [0.25, 0.3) is 0 Å². The molecular formula is C19H24N4O2. The van der Waals surface area contributed by atoms with Crippen LogP contribution in [0.4, 0.5) is 10.5 Å². The third-order valence-electron chi connectivity index (χ3n) is 4.29. The van der Waals surface area contributed by atoms with E-state index in [1.165, 1.54) is 31.3 Å². The molecule has 132 valence electrons. The number of aryl methyl sites for hydroxylation is 1. The van der Waals surface area contributed by atoms with Crippen LogP contribution in [0, 0.1) is 0 Å². The van der Waals surface area contributed by atoms with Crippen LogP contribution in [0.15, 0.2) is 40.4 Å². The zero-order valence-electron chi connectivity index (χ0n) is 14.5. The Morgan fingerprint density at radius 1 is 1.24 bits per heavy atom. The van der Waals surface area contributed by atoms with Crippen molar-refractivity contribution in [3.63, 3.8) is 0 Å². The molecule has 3 rings (SSSR count). The van der Waals surface area contributed by atoms with Crippen molar-refractivity contribution >= 4 is 11.7 Å². The first-order chi connectivity index (χ1) is 12.2. The molecule has 6 heteroatoms. The molecule has 0 unspecified atom stereocenters. The van der Waals surface area contributed by atoms with Gasteiger partial charge in [-0.3, -0.25) is 0 Å². The predicted octanol–water partition coefficient (Wildman–Crippen LogP) is 4.31. The van der Waals surface area contributed by atoms with Crippen LogP contribution in [0.25, 0.3) is 11.4 Å². The quantitative estimate of drug-likeness (QED) is 0.768. The first kappa shape index (κ1) is 17.2. The molecule has 0 saturated carbocycles. The molecule has 0 fully saturated rings. The molecular weight excluding hydrogens is 316 g/mol. The number of nitrogens with zero attached hydrogens (tertiary/aromatic N) is 2. The van der Waals surface area contributed by atoms with Gasteiger partial charge in [-0.1, -0.05) is 23.7 Å². The molecule has 1 aliphatic rings. The van der Waals surface area contributed by atoms with E-state index in [1.807, 2.05) is 31.2 Å². The normalized spacial score (nSPS) is 14.0. The monoisotopic (exact) mass is 340 g/mol. The lowest BCUT2D eigenvalue weighted by Gasteiger charge is -2.13. The Kier molecular flexibility index (Phi) is 5.82. The third kappa shape index (κ3) is 4.92. The fourth-order valence-corrected chi connectivity index (χ4v) is 2.86. The van der Waals surface area contributed by atoms with Gasteiger partial charge in [0.15, 0.2) is 0 Å². The van der Waals surface area contributed by atoms with Crippen LogP contribution in [0.3, 0.4) is 0 Å². The summed E-state index contributed by atoms with van der Waals surface area (Å²) in [6, 6.07) is 7.22. The van der Waals surface area contributed by atoms with Crippen molar-refractivity contribution in [3.05, 3.63) is 41.8 Å². The van der Waals surface area contributed by atoms with Gasteiger partial charge in [0.2, 0.25) is 11.7 Å². The van der Waals surface area contributed by atoms with E-state index in [1.54, 1.807) is 0 Å². The molecule has 25 heavy (non-hydrogen) atoms. The minimum absolute atomic E-state index is 0.183. The van der Waals surface area contributed by atoms with Crippen LogP contribution >= 0.6 is 0 Å². The van der Waals surface area contributed by atoms with E-state index in [9.17, 15) is 4.79 Å². The summed E-state index contributed by atoms with van der Waals surface area (Å²) in [6.07, 6.45) is 8.85. The van der Waals surface area contributed by atoms with E-state index in [-0.39, 0.29) is 6.03 Å². The number of anilines is 1. The lowest BCUT2D eigenvalue weighted by Crippen LogP contribution is -2.29. The van der Waals surface area contributed by atoms with Crippen LogP contribution in [-0.2, 0) is 6.42 Å². The number of hydrogen-bond donors (Lipinski definition) is 2. The van der Waals surface area contributed by atoms with Crippen LogP contribution in [0.5, 0.6) is 0 Å². The van der Waals surface area contributed by atoms with Crippen molar-refractivity contribution in [2.45, 2.75) is 45.4 Å². The molecule has 1 heterocycles. The number of rotatable bonds is 6. The van der Waals surface area contributed by atoms with Gasteiger partial charge < -0.3 is 15.2 Å². The third-order valence-corrected chi connectivity index (χ3v) is 4.29. The summed E-state index contributed by atoms with van der Waals surface area (Å²) in [5.74, 6) is 1.18. The van der Waals surface area contributed by atoms with Gasteiger partial charge in [-0.15, -0.1) is 0 Å². The largest absolute Gasteiger partial charge is 0.339 e. The molecule has 6 nitrogen and oxygen atoms in total. The van der Waals surface area contributed by atoms with Crippen LogP contribution in [0.2, 0.25) is 0 Å².